The number of hydrogen-bond donors (Lipinski definition) is 3. The highest BCUT2D eigenvalue weighted by Crippen LogP contribution is 2.29. The molecular weight excluding hydrogens is 371 g/mol. The van der Waals surface area contributed by atoms with Gasteiger partial charge in [0.2, 0.25) is 0 Å². The summed E-state index contributed by atoms with van der Waals surface area (Å²) in [6, 6.07) is 9.52. The maximum Gasteiger partial charge on any atom is 0.387 e. The summed E-state index contributed by atoms with van der Waals surface area (Å²) in [6.45, 7) is -3.02. The lowest BCUT2D eigenvalue weighted by molar-refractivity contribution is -0.0512. The van der Waals surface area contributed by atoms with E-state index in [1.165, 1.54) is 43.5 Å². The third kappa shape index (κ3) is 5.24. The Labute approximate surface area is 152 Å². The fourth-order valence-electron chi connectivity index (χ4n) is 1.90. The summed E-state index contributed by atoms with van der Waals surface area (Å²) in [5.41, 5.74) is 4.93. The zero-order valence-electron chi connectivity index (χ0n) is 13.4. The van der Waals surface area contributed by atoms with E-state index in [0.29, 0.717) is 0 Å². The van der Waals surface area contributed by atoms with Gasteiger partial charge in [-0.05, 0) is 42.5 Å². The number of rotatable bonds is 5. The molecule has 10 heteroatoms. The Balaban J connectivity index is 1.97. The van der Waals surface area contributed by atoms with E-state index in [9.17, 15) is 18.0 Å². The maximum atomic E-state index is 13.5. The fourth-order valence-corrected chi connectivity index (χ4v) is 2.06. The van der Waals surface area contributed by atoms with Crippen LogP contribution in [0.5, 0.6) is 11.5 Å². The van der Waals surface area contributed by atoms with Crippen LogP contribution in [0.2, 0.25) is 0 Å². The Kier molecular flexibility index (Phi) is 6.61. The molecule has 0 aliphatic carbocycles. The zero-order chi connectivity index (χ0) is 19.1. The van der Waals surface area contributed by atoms with Crippen molar-refractivity contribution in [1.82, 2.24) is 10.9 Å². The van der Waals surface area contributed by atoms with Crippen molar-refractivity contribution in [2.24, 2.45) is 0 Å². The number of alkyl halides is 2. The van der Waals surface area contributed by atoms with Crippen molar-refractivity contribution in [2.45, 2.75) is 6.61 Å². The summed E-state index contributed by atoms with van der Waals surface area (Å²) in [5.74, 6) is -1.37. The first kappa shape index (κ1) is 19.3. The van der Waals surface area contributed by atoms with Crippen molar-refractivity contribution in [3.63, 3.8) is 0 Å². The van der Waals surface area contributed by atoms with Crippen molar-refractivity contribution >= 4 is 28.9 Å². The second-order valence-electron chi connectivity index (χ2n) is 4.76. The molecule has 0 aromatic heterocycles. The number of thiocarbonyl (C=S) groups is 1. The van der Waals surface area contributed by atoms with Crippen LogP contribution in [0.1, 0.15) is 10.4 Å². The van der Waals surface area contributed by atoms with Crippen LogP contribution in [0.4, 0.5) is 18.9 Å². The van der Waals surface area contributed by atoms with Crippen molar-refractivity contribution in [1.29, 1.82) is 0 Å². The molecule has 26 heavy (non-hydrogen) atoms. The Bertz CT molecular complexity index is 805. The van der Waals surface area contributed by atoms with Gasteiger partial charge in [0, 0.05) is 5.56 Å². The Hall–Kier alpha value is -3.01. The van der Waals surface area contributed by atoms with E-state index in [1.54, 1.807) is 6.07 Å². The molecule has 6 nitrogen and oxygen atoms in total. The number of hydrogen-bond acceptors (Lipinski definition) is 4. The van der Waals surface area contributed by atoms with Gasteiger partial charge in [0.1, 0.15) is 5.82 Å². The van der Waals surface area contributed by atoms with Crippen LogP contribution in [0.25, 0.3) is 0 Å². The monoisotopic (exact) mass is 385 g/mol. The normalized spacial score (nSPS) is 10.2. The van der Waals surface area contributed by atoms with Crippen LogP contribution >= 0.6 is 12.2 Å². The predicted octanol–water partition coefficient (Wildman–Crippen LogP) is 3.07. The van der Waals surface area contributed by atoms with E-state index in [4.69, 9.17) is 17.0 Å². The summed E-state index contributed by atoms with van der Waals surface area (Å²) >= 11 is 4.95. The SMILES string of the molecule is COc1cc(C(=O)NNC(=S)Nc2ccccc2F)ccc1OC(F)F. The molecule has 0 heterocycles. The number of para-hydroxylation sites is 1. The number of carbonyl (C=O) groups excluding carboxylic acids is 1. The molecule has 0 aliphatic rings. The summed E-state index contributed by atoms with van der Waals surface area (Å²) in [4.78, 5) is 12.1. The molecule has 0 radical (unpaired) electrons. The highest BCUT2D eigenvalue weighted by atomic mass is 32.1. The van der Waals surface area contributed by atoms with Crippen LogP contribution in [0.3, 0.4) is 0 Å². The van der Waals surface area contributed by atoms with Gasteiger partial charge in [-0.25, -0.2) is 4.39 Å². The molecule has 2 aromatic rings. The third-order valence-corrected chi connectivity index (χ3v) is 3.26. The van der Waals surface area contributed by atoms with Crippen molar-refractivity contribution in [2.75, 3.05) is 12.4 Å². The Morgan fingerprint density at radius 1 is 1.12 bits per heavy atom. The van der Waals surface area contributed by atoms with Crippen LogP contribution in [-0.2, 0) is 0 Å². The average Bonchev–Trinajstić information content (AvgIpc) is 2.61. The topological polar surface area (TPSA) is 71.6 Å². The van der Waals surface area contributed by atoms with Gasteiger partial charge in [-0.3, -0.25) is 15.6 Å². The molecule has 0 saturated heterocycles. The number of anilines is 1. The second kappa shape index (κ2) is 8.90. The highest BCUT2D eigenvalue weighted by Gasteiger charge is 2.14. The first-order chi connectivity index (χ1) is 12.4. The first-order valence-electron chi connectivity index (χ1n) is 7.15. The molecule has 3 N–H and O–H groups in total. The lowest BCUT2D eigenvalue weighted by atomic mass is 10.2. The van der Waals surface area contributed by atoms with E-state index in [2.05, 4.69) is 20.9 Å². The number of benzene rings is 2. The predicted molar refractivity (Wildman–Crippen MR) is 92.8 cm³/mol. The minimum absolute atomic E-state index is 0.0370. The molecular formula is C16H14F3N3O3S. The van der Waals surface area contributed by atoms with E-state index < -0.39 is 18.3 Å². The number of halogens is 3. The number of carbonyl (C=O) groups is 1. The van der Waals surface area contributed by atoms with E-state index in [0.717, 1.165) is 0 Å². The van der Waals surface area contributed by atoms with E-state index in [-0.39, 0.29) is 27.9 Å². The Morgan fingerprint density at radius 3 is 2.50 bits per heavy atom. The van der Waals surface area contributed by atoms with E-state index in [1.807, 2.05) is 0 Å². The number of hydrazine groups is 1. The quantitative estimate of drug-likeness (QED) is 0.543. The largest absolute Gasteiger partial charge is 0.493 e. The molecule has 0 saturated carbocycles. The van der Waals surface area contributed by atoms with Crippen LogP contribution < -0.4 is 25.6 Å². The van der Waals surface area contributed by atoms with Gasteiger partial charge < -0.3 is 14.8 Å². The maximum absolute atomic E-state index is 13.5. The number of amides is 1. The highest BCUT2D eigenvalue weighted by molar-refractivity contribution is 7.80. The number of methoxy groups -OCH3 is 1. The fraction of sp³-hybridized carbons (Fsp3) is 0.125. The van der Waals surface area contributed by atoms with Crippen molar-refractivity contribution in [3.05, 3.63) is 53.8 Å². The molecule has 1 amide bonds. The molecule has 0 fully saturated rings. The number of nitrogens with one attached hydrogen (secondary N) is 3. The van der Waals surface area contributed by atoms with Crippen LogP contribution in [0, 0.1) is 5.82 Å². The molecule has 2 aromatic carbocycles. The minimum atomic E-state index is -3.02. The first-order valence-corrected chi connectivity index (χ1v) is 7.56. The van der Waals surface area contributed by atoms with Gasteiger partial charge in [-0.2, -0.15) is 8.78 Å². The van der Waals surface area contributed by atoms with Gasteiger partial charge in [0.05, 0.1) is 12.8 Å². The Morgan fingerprint density at radius 2 is 1.85 bits per heavy atom. The number of ether oxygens (including phenoxy) is 2. The molecule has 0 aliphatic heterocycles. The average molecular weight is 385 g/mol. The van der Waals surface area contributed by atoms with Gasteiger partial charge in [-0.1, -0.05) is 12.1 Å². The van der Waals surface area contributed by atoms with Gasteiger partial charge in [0.25, 0.3) is 5.91 Å². The standard InChI is InChI=1S/C16H14F3N3O3S/c1-24-13-8-9(6-7-12(13)25-15(18)19)14(23)21-22-16(26)20-11-5-3-2-4-10(11)17/h2-8,15H,1H3,(H,21,23)(H2,20,22,26). The van der Waals surface area contributed by atoms with E-state index >= 15 is 0 Å². The molecule has 138 valence electrons. The molecule has 0 unspecified atom stereocenters. The molecule has 2 rings (SSSR count). The summed E-state index contributed by atoms with van der Waals surface area (Å²) in [5, 5.41) is 2.52. The van der Waals surface area contributed by atoms with Gasteiger partial charge in [-0.15, -0.1) is 0 Å². The summed E-state index contributed by atoms with van der Waals surface area (Å²) in [7, 11) is 1.25. The smallest absolute Gasteiger partial charge is 0.387 e. The second-order valence-corrected chi connectivity index (χ2v) is 5.17. The molecule has 0 spiro atoms. The van der Waals surface area contributed by atoms with Crippen LogP contribution in [0.15, 0.2) is 42.5 Å². The molecule has 0 bridgehead atoms. The molecule has 0 atom stereocenters. The summed E-state index contributed by atoms with van der Waals surface area (Å²) in [6.07, 6.45) is 0. The van der Waals surface area contributed by atoms with Crippen molar-refractivity contribution < 1.29 is 27.4 Å². The van der Waals surface area contributed by atoms with Gasteiger partial charge in [0.15, 0.2) is 16.6 Å². The van der Waals surface area contributed by atoms with Crippen molar-refractivity contribution in [3.8, 4) is 11.5 Å². The lowest BCUT2D eigenvalue weighted by Gasteiger charge is -2.13. The zero-order valence-corrected chi connectivity index (χ0v) is 14.2. The summed E-state index contributed by atoms with van der Waals surface area (Å²) < 4.78 is 47.3. The third-order valence-electron chi connectivity index (χ3n) is 3.05. The lowest BCUT2D eigenvalue weighted by Crippen LogP contribution is -2.43. The van der Waals surface area contributed by atoms with Crippen LogP contribution in [-0.4, -0.2) is 24.7 Å². The van der Waals surface area contributed by atoms with Gasteiger partial charge >= 0.3 is 6.61 Å². The minimum Gasteiger partial charge on any atom is -0.493 e.